The summed E-state index contributed by atoms with van der Waals surface area (Å²) in [5.41, 5.74) is 1.74. The Kier molecular flexibility index (Phi) is 8.61. The van der Waals surface area contributed by atoms with Crippen LogP contribution in [0, 0.1) is 5.82 Å². The van der Waals surface area contributed by atoms with E-state index in [0.29, 0.717) is 10.6 Å². The Balaban J connectivity index is 1.72. The van der Waals surface area contributed by atoms with Crippen molar-refractivity contribution >= 4 is 27.5 Å². The van der Waals surface area contributed by atoms with E-state index in [-0.39, 0.29) is 24.0 Å². The number of halogens is 2. The average Bonchev–Trinajstić information content (AvgIpc) is 2.79. The molecule has 1 amide bonds. The van der Waals surface area contributed by atoms with Crippen molar-refractivity contribution in [3.8, 4) is 0 Å². The number of carbonyl (C=O) groups excluding carboxylic acids is 1. The molecule has 3 aromatic carbocycles. The largest absolute Gasteiger partial charge is 0.352 e. The molecule has 0 saturated carbocycles. The molecule has 0 heterocycles. The van der Waals surface area contributed by atoms with Crippen LogP contribution in [-0.4, -0.2) is 31.2 Å². The summed E-state index contributed by atoms with van der Waals surface area (Å²) in [6.07, 6.45) is 1.52. The van der Waals surface area contributed by atoms with Crippen LogP contribution in [0.3, 0.4) is 0 Å². The van der Waals surface area contributed by atoms with Crippen LogP contribution in [0.15, 0.2) is 83.8 Å². The van der Waals surface area contributed by atoms with Crippen molar-refractivity contribution in [3.05, 3.63) is 101 Å². The molecule has 0 spiro atoms. The van der Waals surface area contributed by atoms with Gasteiger partial charge in [-0.15, -0.1) is 0 Å². The molecule has 3 aromatic rings. The van der Waals surface area contributed by atoms with Crippen LogP contribution in [0.25, 0.3) is 0 Å². The lowest BCUT2D eigenvalue weighted by Crippen LogP contribution is -2.43. The fourth-order valence-corrected chi connectivity index (χ4v) is 4.87. The van der Waals surface area contributed by atoms with Gasteiger partial charge in [-0.05, 0) is 67.3 Å². The highest BCUT2D eigenvalue weighted by atomic mass is 35.5. The fourth-order valence-electron chi connectivity index (χ4n) is 3.36. The maximum atomic E-state index is 13.3. The van der Waals surface area contributed by atoms with Gasteiger partial charge in [-0.2, -0.15) is 4.31 Å². The second kappa shape index (κ2) is 11.4. The van der Waals surface area contributed by atoms with Gasteiger partial charge in [0.1, 0.15) is 5.82 Å². The topological polar surface area (TPSA) is 66.5 Å². The van der Waals surface area contributed by atoms with Gasteiger partial charge in [-0.3, -0.25) is 4.79 Å². The number of nitrogens with one attached hydrogen (secondary N) is 1. The van der Waals surface area contributed by atoms with Gasteiger partial charge in [0.15, 0.2) is 0 Å². The number of amides is 1. The van der Waals surface area contributed by atoms with E-state index in [4.69, 9.17) is 11.6 Å². The first-order valence-corrected chi connectivity index (χ1v) is 12.4. The van der Waals surface area contributed by atoms with E-state index in [1.54, 1.807) is 0 Å². The summed E-state index contributed by atoms with van der Waals surface area (Å²) in [4.78, 5) is 12.8. The van der Waals surface area contributed by atoms with Crippen LogP contribution < -0.4 is 5.32 Å². The molecule has 33 heavy (non-hydrogen) atoms. The number of benzene rings is 3. The van der Waals surface area contributed by atoms with E-state index in [9.17, 15) is 17.6 Å². The molecule has 1 N–H and O–H groups in total. The van der Waals surface area contributed by atoms with Gasteiger partial charge in [0.05, 0.1) is 11.4 Å². The zero-order valence-corrected chi connectivity index (χ0v) is 19.8. The number of sulfonamides is 1. The van der Waals surface area contributed by atoms with Crippen LogP contribution >= 0.6 is 11.6 Å². The summed E-state index contributed by atoms with van der Waals surface area (Å²) >= 11 is 5.89. The van der Waals surface area contributed by atoms with Gasteiger partial charge in [0, 0.05) is 17.6 Å². The third-order valence-corrected chi connectivity index (χ3v) is 7.22. The summed E-state index contributed by atoms with van der Waals surface area (Å²) in [6, 6.07) is 21.1. The third kappa shape index (κ3) is 7.39. The first-order chi connectivity index (χ1) is 15.7. The average molecular weight is 489 g/mol. The molecule has 5 nitrogen and oxygen atoms in total. The van der Waals surface area contributed by atoms with Gasteiger partial charge < -0.3 is 5.32 Å². The molecule has 0 aliphatic rings. The van der Waals surface area contributed by atoms with E-state index < -0.39 is 21.7 Å². The van der Waals surface area contributed by atoms with Gasteiger partial charge in [0.25, 0.3) is 0 Å². The van der Waals surface area contributed by atoms with Crippen LogP contribution in [-0.2, 0) is 27.8 Å². The number of aryl methyl sites for hydroxylation is 1. The van der Waals surface area contributed by atoms with Crippen LogP contribution in [0.5, 0.6) is 0 Å². The molecule has 1 atom stereocenters. The Morgan fingerprint density at radius 1 is 0.970 bits per heavy atom. The zero-order chi connectivity index (χ0) is 23.8. The Bertz CT molecular complexity index is 1150. The fraction of sp³-hybridized carbons (Fsp3) is 0.240. The number of nitrogens with zero attached hydrogens (tertiary/aromatic N) is 1. The van der Waals surface area contributed by atoms with Crippen LogP contribution in [0.2, 0.25) is 5.02 Å². The van der Waals surface area contributed by atoms with Crippen molar-refractivity contribution in [2.24, 2.45) is 0 Å². The van der Waals surface area contributed by atoms with Crippen molar-refractivity contribution in [3.63, 3.8) is 0 Å². The summed E-state index contributed by atoms with van der Waals surface area (Å²) in [5.74, 6) is -0.828. The van der Waals surface area contributed by atoms with Gasteiger partial charge in [-0.1, -0.05) is 54.1 Å². The van der Waals surface area contributed by atoms with Crippen molar-refractivity contribution in [1.82, 2.24) is 9.62 Å². The van der Waals surface area contributed by atoms with Crippen molar-refractivity contribution in [2.75, 3.05) is 6.54 Å². The smallest absolute Gasteiger partial charge is 0.243 e. The molecule has 0 fully saturated rings. The van der Waals surface area contributed by atoms with E-state index >= 15 is 0 Å². The van der Waals surface area contributed by atoms with Crippen molar-refractivity contribution in [1.29, 1.82) is 0 Å². The maximum absolute atomic E-state index is 13.3. The van der Waals surface area contributed by atoms with Crippen molar-refractivity contribution < 1.29 is 17.6 Å². The highest BCUT2D eigenvalue weighted by molar-refractivity contribution is 7.89. The number of carbonyl (C=O) groups is 1. The normalized spacial score (nSPS) is 12.5. The summed E-state index contributed by atoms with van der Waals surface area (Å²) in [6.45, 7) is 1.45. The molecule has 0 aromatic heterocycles. The second-order valence-corrected chi connectivity index (χ2v) is 10.2. The van der Waals surface area contributed by atoms with Crippen molar-refractivity contribution in [2.45, 2.75) is 37.2 Å². The monoisotopic (exact) mass is 488 g/mol. The Labute approximate surface area is 199 Å². The first-order valence-electron chi connectivity index (χ1n) is 10.6. The molecular weight excluding hydrogens is 463 g/mol. The lowest BCUT2D eigenvalue weighted by molar-refractivity contribution is -0.122. The zero-order valence-electron chi connectivity index (χ0n) is 18.2. The summed E-state index contributed by atoms with van der Waals surface area (Å²) < 4.78 is 40.9. The molecule has 0 saturated heterocycles. The molecule has 0 radical (unpaired) electrons. The van der Waals surface area contributed by atoms with Gasteiger partial charge >= 0.3 is 0 Å². The van der Waals surface area contributed by atoms with E-state index in [2.05, 4.69) is 5.32 Å². The lowest BCUT2D eigenvalue weighted by Gasteiger charge is -2.23. The highest BCUT2D eigenvalue weighted by Crippen LogP contribution is 2.21. The Hall–Kier alpha value is -2.74. The Morgan fingerprint density at radius 3 is 2.24 bits per heavy atom. The molecule has 0 aliphatic carbocycles. The van der Waals surface area contributed by atoms with E-state index in [1.807, 2.05) is 37.3 Å². The minimum absolute atomic E-state index is 0.0268. The number of rotatable bonds is 10. The number of hydrogen-bond donors (Lipinski definition) is 1. The summed E-state index contributed by atoms with van der Waals surface area (Å²) in [7, 11) is -3.99. The second-order valence-electron chi connectivity index (χ2n) is 7.85. The summed E-state index contributed by atoms with van der Waals surface area (Å²) in [5, 5.41) is 3.29. The minimum Gasteiger partial charge on any atom is -0.352 e. The molecular formula is C25H26ClFN2O3S. The molecule has 0 unspecified atom stereocenters. The molecule has 174 valence electrons. The lowest BCUT2D eigenvalue weighted by atomic mass is 10.1. The SMILES string of the molecule is C[C@@H](CCc1ccccc1)NC(=O)CN(Cc1ccc(F)cc1)S(=O)(=O)c1ccc(Cl)cc1. The van der Waals surface area contributed by atoms with E-state index in [0.717, 1.165) is 17.1 Å². The Morgan fingerprint density at radius 2 is 1.61 bits per heavy atom. The number of hydrogen-bond acceptors (Lipinski definition) is 3. The molecule has 3 rings (SSSR count). The van der Waals surface area contributed by atoms with Crippen LogP contribution in [0.1, 0.15) is 24.5 Å². The first kappa shape index (κ1) is 24.9. The molecule has 0 bridgehead atoms. The quantitative estimate of drug-likeness (QED) is 0.445. The molecule has 8 heteroatoms. The van der Waals surface area contributed by atoms with E-state index in [1.165, 1.54) is 54.1 Å². The van der Waals surface area contributed by atoms with Gasteiger partial charge in [-0.25, -0.2) is 12.8 Å². The predicted molar refractivity (Wildman–Crippen MR) is 128 cm³/mol. The highest BCUT2D eigenvalue weighted by Gasteiger charge is 2.27. The van der Waals surface area contributed by atoms with Crippen LogP contribution in [0.4, 0.5) is 4.39 Å². The predicted octanol–water partition coefficient (Wildman–Crippen LogP) is 4.81. The van der Waals surface area contributed by atoms with Gasteiger partial charge in [0.2, 0.25) is 15.9 Å². The standard InChI is InChI=1S/C25H26ClFN2O3S/c1-19(7-8-20-5-3-2-4-6-20)28-25(30)18-29(17-21-9-13-23(27)14-10-21)33(31,32)24-15-11-22(26)12-16-24/h2-6,9-16,19H,7-8,17-18H2,1H3,(H,28,30)/t19-/m0/s1. The maximum Gasteiger partial charge on any atom is 0.243 e. The molecule has 0 aliphatic heterocycles. The minimum atomic E-state index is -3.99. The third-order valence-electron chi connectivity index (χ3n) is 5.16.